The Bertz CT molecular complexity index is 521. The van der Waals surface area contributed by atoms with E-state index in [2.05, 4.69) is 26.2 Å². The van der Waals surface area contributed by atoms with Gasteiger partial charge in [0.25, 0.3) is 0 Å². The largest absolute Gasteiger partial charge is 0.346 e. The first kappa shape index (κ1) is 14.8. The zero-order valence-electron chi connectivity index (χ0n) is 11.5. The summed E-state index contributed by atoms with van der Waals surface area (Å²) in [6.07, 6.45) is 3.58. The Morgan fingerprint density at radius 2 is 2.14 bits per heavy atom. The van der Waals surface area contributed by atoms with E-state index < -0.39 is 11.9 Å². The molecule has 2 aliphatic rings. The fourth-order valence-electron chi connectivity index (χ4n) is 4.25. The first-order valence-corrected chi connectivity index (χ1v) is 8.10. The van der Waals surface area contributed by atoms with E-state index in [1.807, 2.05) is 0 Å². The fourth-order valence-corrected chi connectivity index (χ4v) is 4.83. The molecule has 114 valence electrons. The molecule has 1 aromatic rings. The van der Waals surface area contributed by atoms with Gasteiger partial charge in [-0.1, -0.05) is 15.9 Å². The lowest BCUT2D eigenvalue weighted by atomic mass is 9.74. The highest BCUT2D eigenvalue weighted by Gasteiger charge is 2.48. The Morgan fingerprint density at radius 3 is 2.71 bits per heavy atom. The van der Waals surface area contributed by atoms with Crippen LogP contribution in [-0.2, 0) is 0 Å². The summed E-state index contributed by atoms with van der Waals surface area (Å²) >= 11 is 3.35. The van der Waals surface area contributed by atoms with E-state index in [-0.39, 0.29) is 17.4 Å². The molecule has 0 radical (unpaired) electrons. The predicted octanol–water partition coefficient (Wildman–Crippen LogP) is 1.56. The van der Waals surface area contributed by atoms with Crippen molar-refractivity contribution in [2.24, 2.45) is 17.8 Å². The second-order valence-corrected chi connectivity index (χ2v) is 6.91. The fraction of sp³-hybridized carbons (Fsp3) is 0.643. The number of nitrogens with two attached hydrogens (primary N) is 1. The first-order chi connectivity index (χ1) is 10.1. The maximum absolute atomic E-state index is 14.2. The van der Waals surface area contributed by atoms with Gasteiger partial charge in [0.1, 0.15) is 0 Å². The number of fused-ring (bicyclic) bond motifs is 2. The number of pyridine rings is 1. The quantitative estimate of drug-likeness (QED) is 0.504. The van der Waals surface area contributed by atoms with Crippen LogP contribution in [0.1, 0.15) is 24.3 Å². The number of aromatic nitrogens is 1. The van der Waals surface area contributed by atoms with E-state index in [9.17, 15) is 14.5 Å². The van der Waals surface area contributed by atoms with Crippen LogP contribution < -0.4 is 5.32 Å². The van der Waals surface area contributed by atoms with Crippen molar-refractivity contribution in [1.29, 1.82) is 0 Å². The molecular formula is C14H18BrFN3O2+. The van der Waals surface area contributed by atoms with Crippen LogP contribution in [0.15, 0.2) is 16.7 Å². The Kier molecular flexibility index (Phi) is 4.21. The van der Waals surface area contributed by atoms with Gasteiger partial charge in [-0.3, -0.25) is 10.1 Å². The van der Waals surface area contributed by atoms with Crippen LogP contribution in [0.4, 0.5) is 4.39 Å². The number of piperidine rings is 1. The molecule has 1 aromatic heterocycles. The summed E-state index contributed by atoms with van der Waals surface area (Å²) < 4.78 is 14.8. The van der Waals surface area contributed by atoms with Gasteiger partial charge in [0, 0.05) is 33.0 Å². The van der Waals surface area contributed by atoms with Crippen LogP contribution in [0.5, 0.6) is 0 Å². The van der Waals surface area contributed by atoms with Crippen LogP contribution in [0, 0.1) is 33.8 Å². The molecule has 0 amide bonds. The highest BCUT2D eigenvalue weighted by molar-refractivity contribution is 9.10. The SMILES string of the molecule is O=[N+]([O-])CC(c1c(Br)ccnc1F)C1[C@@H]2CC[C@H]1C[NH2+]C2. The van der Waals surface area contributed by atoms with Gasteiger partial charge >= 0.3 is 0 Å². The van der Waals surface area contributed by atoms with Gasteiger partial charge in [-0.25, -0.2) is 4.98 Å². The Hall–Kier alpha value is -1.08. The molecule has 5 nitrogen and oxygen atoms in total. The lowest BCUT2D eigenvalue weighted by Gasteiger charge is -2.33. The Labute approximate surface area is 130 Å². The van der Waals surface area contributed by atoms with Crippen molar-refractivity contribution in [3.8, 4) is 0 Å². The number of nitro groups is 1. The van der Waals surface area contributed by atoms with Crippen molar-refractivity contribution in [3.05, 3.63) is 38.4 Å². The predicted molar refractivity (Wildman–Crippen MR) is 77.9 cm³/mol. The molecule has 2 heterocycles. The van der Waals surface area contributed by atoms with Gasteiger partial charge in [-0.05, 0) is 24.8 Å². The molecule has 21 heavy (non-hydrogen) atoms. The summed E-state index contributed by atoms with van der Waals surface area (Å²) in [6, 6.07) is 1.67. The Balaban J connectivity index is 2.00. The molecular weight excluding hydrogens is 341 g/mol. The molecule has 0 aromatic carbocycles. The minimum Gasteiger partial charge on any atom is -0.346 e. The van der Waals surface area contributed by atoms with Crippen molar-refractivity contribution in [2.45, 2.75) is 18.8 Å². The minimum absolute atomic E-state index is 0.190. The average molecular weight is 359 g/mol. The third-order valence-corrected chi connectivity index (χ3v) is 5.70. The highest BCUT2D eigenvalue weighted by Crippen LogP contribution is 2.47. The van der Waals surface area contributed by atoms with Gasteiger partial charge in [-0.15, -0.1) is 0 Å². The molecule has 1 saturated heterocycles. The smallest absolute Gasteiger partial charge is 0.217 e. The van der Waals surface area contributed by atoms with Crippen LogP contribution in [0.2, 0.25) is 0 Å². The number of hydrogen-bond donors (Lipinski definition) is 1. The normalized spacial score (nSPS) is 29.3. The van der Waals surface area contributed by atoms with Crippen molar-refractivity contribution < 1.29 is 14.6 Å². The van der Waals surface area contributed by atoms with E-state index in [0.29, 0.717) is 21.9 Å². The molecule has 2 fully saturated rings. The van der Waals surface area contributed by atoms with Crippen LogP contribution in [0.3, 0.4) is 0 Å². The number of nitrogens with zero attached hydrogens (tertiary/aromatic N) is 2. The number of quaternary nitrogens is 1. The zero-order valence-corrected chi connectivity index (χ0v) is 13.1. The van der Waals surface area contributed by atoms with Crippen LogP contribution in [-0.4, -0.2) is 29.5 Å². The second-order valence-electron chi connectivity index (χ2n) is 6.05. The van der Waals surface area contributed by atoms with Gasteiger partial charge < -0.3 is 5.32 Å². The number of halogens is 2. The highest BCUT2D eigenvalue weighted by atomic mass is 79.9. The lowest BCUT2D eigenvalue weighted by Crippen LogP contribution is -2.89. The first-order valence-electron chi connectivity index (χ1n) is 7.31. The molecule has 4 atom stereocenters. The zero-order chi connectivity index (χ0) is 15.0. The topological polar surface area (TPSA) is 72.6 Å². The summed E-state index contributed by atoms with van der Waals surface area (Å²) in [4.78, 5) is 14.5. The van der Waals surface area contributed by atoms with Gasteiger partial charge in [-0.2, -0.15) is 4.39 Å². The number of rotatable bonds is 4. The van der Waals surface area contributed by atoms with Crippen LogP contribution in [0.25, 0.3) is 0 Å². The molecule has 7 heteroatoms. The van der Waals surface area contributed by atoms with E-state index in [0.717, 1.165) is 25.9 Å². The molecule has 1 aliphatic heterocycles. The van der Waals surface area contributed by atoms with Crippen molar-refractivity contribution in [1.82, 2.24) is 4.98 Å². The van der Waals surface area contributed by atoms with E-state index in [1.165, 1.54) is 6.20 Å². The van der Waals surface area contributed by atoms with Crippen LogP contribution >= 0.6 is 15.9 Å². The molecule has 2 N–H and O–H groups in total. The molecule has 2 bridgehead atoms. The third-order valence-electron chi connectivity index (χ3n) is 5.01. The monoisotopic (exact) mass is 358 g/mol. The van der Waals surface area contributed by atoms with Gasteiger partial charge in [0.15, 0.2) is 0 Å². The van der Waals surface area contributed by atoms with Crippen molar-refractivity contribution >= 4 is 15.9 Å². The summed E-state index contributed by atoms with van der Waals surface area (Å²) in [5.41, 5.74) is 0.387. The molecule has 3 rings (SSSR count). The maximum atomic E-state index is 14.2. The minimum atomic E-state index is -0.579. The summed E-state index contributed by atoms with van der Waals surface area (Å²) in [6.45, 7) is 1.77. The standard InChI is InChI=1S/C14H17BrFN3O2/c15-11-3-4-18-14(16)13(11)10(7-19(20)21)12-8-1-2-9(12)6-17-5-8/h3-4,8-10,12,17H,1-2,5-7H2/p+1/t8-,9+,10?,12?. The average Bonchev–Trinajstić information content (AvgIpc) is 2.66. The van der Waals surface area contributed by atoms with Gasteiger partial charge in [0.2, 0.25) is 12.5 Å². The number of hydrogen-bond acceptors (Lipinski definition) is 3. The van der Waals surface area contributed by atoms with E-state index in [4.69, 9.17) is 0 Å². The molecule has 2 unspecified atom stereocenters. The van der Waals surface area contributed by atoms with Crippen molar-refractivity contribution in [3.63, 3.8) is 0 Å². The molecule has 0 spiro atoms. The van der Waals surface area contributed by atoms with E-state index >= 15 is 0 Å². The summed E-state index contributed by atoms with van der Waals surface area (Å²) in [5.74, 6) is 0.107. The molecule has 1 saturated carbocycles. The maximum Gasteiger partial charge on any atom is 0.217 e. The Morgan fingerprint density at radius 1 is 1.48 bits per heavy atom. The van der Waals surface area contributed by atoms with Crippen molar-refractivity contribution in [2.75, 3.05) is 19.6 Å². The lowest BCUT2D eigenvalue weighted by molar-refractivity contribution is -0.675. The third kappa shape index (κ3) is 2.81. The van der Waals surface area contributed by atoms with E-state index in [1.54, 1.807) is 6.07 Å². The second kappa shape index (κ2) is 5.96. The molecule has 1 aliphatic carbocycles. The summed E-state index contributed by atoms with van der Waals surface area (Å²) in [5, 5.41) is 13.4. The summed E-state index contributed by atoms with van der Waals surface area (Å²) in [7, 11) is 0. The van der Waals surface area contributed by atoms with Gasteiger partial charge in [0.05, 0.1) is 19.0 Å².